The summed E-state index contributed by atoms with van der Waals surface area (Å²) < 4.78 is 50.5. The zero-order valence-electron chi connectivity index (χ0n) is 14.0. The van der Waals surface area contributed by atoms with Gasteiger partial charge in [0.1, 0.15) is 0 Å². The van der Waals surface area contributed by atoms with Crippen molar-refractivity contribution in [2.24, 2.45) is 0 Å². The van der Waals surface area contributed by atoms with E-state index in [0.717, 1.165) is 11.1 Å². The van der Waals surface area contributed by atoms with Gasteiger partial charge in [0, 0.05) is 0 Å². The van der Waals surface area contributed by atoms with Crippen molar-refractivity contribution in [3.8, 4) is 0 Å². The van der Waals surface area contributed by atoms with Crippen LogP contribution in [0.2, 0.25) is 0 Å². The third kappa shape index (κ3) is 16.2. The Morgan fingerprint density at radius 1 is 0.704 bits per heavy atom. The first-order chi connectivity index (χ1) is 12.2. The third-order valence-electron chi connectivity index (χ3n) is 2.92. The molecule has 2 rings (SSSR count). The first-order valence-corrected chi connectivity index (χ1v) is 12.1. The van der Waals surface area contributed by atoms with Crippen LogP contribution in [-0.4, -0.2) is 30.7 Å². The topological polar surface area (TPSA) is 98.7 Å². The van der Waals surface area contributed by atoms with Gasteiger partial charge < -0.3 is 9.11 Å². The molecule has 0 N–H and O–H groups in total. The fourth-order valence-electron chi connectivity index (χ4n) is 1.81. The maximum atomic E-state index is 10.4. The van der Waals surface area contributed by atoms with Gasteiger partial charge in [0.05, 0.1) is 31.3 Å². The smallest absolute Gasteiger partial charge is 0.748 e. The largest absolute Gasteiger partial charge is 2.00 e. The second-order valence-corrected chi connectivity index (χ2v) is 9.49. The summed E-state index contributed by atoms with van der Waals surface area (Å²) in [6.07, 6.45) is 1.10. The van der Waals surface area contributed by atoms with Crippen molar-refractivity contribution in [1.82, 2.24) is 0 Å². The molecule has 152 valence electrons. The molecular formula is C16H18NiO6S4. The Hall–Kier alpha value is -0.486. The average Bonchev–Trinajstić information content (AvgIpc) is 2.55. The molecule has 0 saturated carbocycles. The summed E-state index contributed by atoms with van der Waals surface area (Å²) in [6, 6.07) is 18.9. The van der Waals surface area contributed by atoms with Gasteiger partial charge in [-0.2, -0.15) is 0 Å². The van der Waals surface area contributed by atoms with Crippen molar-refractivity contribution >= 4 is 40.5 Å². The van der Waals surface area contributed by atoms with Crippen molar-refractivity contribution < 1.29 is 42.4 Å². The molecule has 0 spiro atoms. The van der Waals surface area contributed by atoms with E-state index in [4.69, 9.17) is 0 Å². The molecule has 0 saturated heterocycles. The van der Waals surface area contributed by atoms with E-state index in [1.807, 2.05) is 60.7 Å². The molecule has 0 aliphatic heterocycles. The van der Waals surface area contributed by atoms with Crippen LogP contribution in [0.25, 0.3) is 0 Å². The summed E-state index contributed by atoms with van der Waals surface area (Å²) >= 11 is 8.10. The molecule has 2 unspecified atom stereocenters. The molecule has 11 heteroatoms. The second kappa shape index (κ2) is 13.7. The predicted molar refractivity (Wildman–Crippen MR) is 105 cm³/mol. The van der Waals surface area contributed by atoms with Crippen molar-refractivity contribution in [2.75, 3.05) is 13.2 Å². The molecular weight excluding hydrogens is 475 g/mol. The first kappa shape index (κ1) is 26.5. The van der Waals surface area contributed by atoms with Gasteiger partial charge in [-0.1, -0.05) is 60.7 Å². The molecule has 2 aromatic rings. The quantitative estimate of drug-likeness (QED) is 0.516. The standard InChI is InChI=1S/2C8H10O3S2.Ni/c2*9-13(10,12)11-7-6-8-4-2-1-3-5-8;/h2*1-5H,6-7H2,(H,9,10,12);/q;;+2/p-2. The molecule has 6 nitrogen and oxygen atoms in total. The van der Waals surface area contributed by atoms with E-state index in [-0.39, 0.29) is 29.7 Å². The Morgan fingerprint density at radius 2 is 1.00 bits per heavy atom. The van der Waals surface area contributed by atoms with Crippen molar-refractivity contribution in [1.29, 1.82) is 0 Å². The Labute approximate surface area is 180 Å². The van der Waals surface area contributed by atoms with E-state index >= 15 is 0 Å². The zero-order valence-corrected chi connectivity index (χ0v) is 18.3. The third-order valence-corrected chi connectivity index (χ3v) is 4.41. The Kier molecular flexibility index (Phi) is 13.4. The molecule has 0 amide bonds. The van der Waals surface area contributed by atoms with Crippen LogP contribution in [0.5, 0.6) is 0 Å². The van der Waals surface area contributed by atoms with Gasteiger partial charge in [0.2, 0.25) is 0 Å². The van der Waals surface area contributed by atoms with E-state index < -0.39 is 18.1 Å². The molecule has 0 bridgehead atoms. The van der Waals surface area contributed by atoms with Gasteiger partial charge in [0.25, 0.3) is 0 Å². The van der Waals surface area contributed by atoms with Gasteiger partial charge in [-0.25, -0.2) is 8.42 Å². The monoisotopic (exact) mass is 492 g/mol. The Morgan fingerprint density at radius 3 is 1.26 bits per heavy atom. The summed E-state index contributed by atoms with van der Waals surface area (Å²) in [5.74, 6) is 0. The average molecular weight is 493 g/mol. The Bertz CT molecular complexity index is 769. The van der Waals surface area contributed by atoms with E-state index in [1.54, 1.807) is 0 Å². The number of hydrogen-bond donors (Lipinski definition) is 0. The molecule has 0 aliphatic carbocycles. The fourth-order valence-corrected chi connectivity index (χ4v) is 2.80. The number of hydrogen-bond acceptors (Lipinski definition) is 8. The molecule has 2 aromatic carbocycles. The maximum absolute atomic E-state index is 10.4. The number of benzene rings is 2. The Balaban J connectivity index is 0.000000483. The molecule has 0 radical (unpaired) electrons. The minimum atomic E-state index is -3.71. The van der Waals surface area contributed by atoms with Crippen LogP contribution >= 0.6 is 0 Å². The normalized spacial score (nSPS) is 14.6. The van der Waals surface area contributed by atoms with E-state index in [2.05, 4.69) is 30.7 Å². The predicted octanol–water partition coefficient (Wildman–Crippen LogP) is 2.07. The van der Waals surface area contributed by atoms with Crippen LogP contribution in [-0.2, 0) is 78.2 Å². The van der Waals surface area contributed by atoms with Gasteiger partial charge >= 0.3 is 16.5 Å². The SMILES string of the molecule is O=S([O-])(=S)OCCc1ccccc1.O=S([O-])(=S)OCCc1ccccc1.[Ni+2]. The summed E-state index contributed by atoms with van der Waals surface area (Å²) in [6.45, 7) is 0.214. The maximum Gasteiger partial charge on any atom is 2.00 e. The van der Waals surface area contributed by atoms with Gasteiger partial charge in [0.15, 0.2) is 0 Å². The van der Waals surface area contributed by atoms with Crippen molar-refractivity contribution in [3.63, 3.8) is 0 Å². The van der Waals surface area contributed by atoms with Gasteiger partial charge in [-0.3, -0.25) is 8.37 Å². The van der Waals surface area contributed by atoms with Crippen LogP contribution in [0, 0.1) is 0 Å². The number of rotatable bonds is 8. The van der Waals surface area contributed by atoms with Crippen LogP contribution in [0.15, 0.2) is 60.7 Å². The molecule has 0 aromatic heterocycles. The summed E-state index contributed by atoms with van der Waals surface area (Å²) in [5, 5.41) is 0. The minimum absolute atomic E-state index is 0. The van der Waals surface area contributed by atoms with Crippen LogP contribution in [0.4, 0.5) is 0 Å². The van der Waals surface area contributed by atoms with Crippen LogP contribution < -0.4 is 0 Å². The zero-order chi connectivity index (χ0) is 19.5. The van der Waals surface area contributed by atoms with Gasteiger partial charge in [-0.15, -0.1) is 0 Å². The van der Waals surface area contributed by atoms with E-state index in [0.29, 0.717) is 12.8 Å². The molecule has 0 heterocycles. The molecule has 2 atom stereocenters. The van der Waals surface area contributed by atoms with Crippen LogP contribution in [0.1, 0.15) is 11.1 Å². The summed E-state index contributed by atoms with van der Waals surface area (Å²) in [4.78, 5) is 0. The van der Waals surface area contributed by atoms with Crippen LogP contribution in [0.3, 0.4) is 0 Å². The molecule has 0 aliphatic rings. The minimum Gasteiger partial charge on any atom is -0.748 e. The van der Waals surface area contributed by atoms with Gasteiger partial charge in [-0.05, 0) is 46.3 Å². The van der Waals surface area contributed by atoms with Crippen molar-refractivity contribution in [3.05, 3.63) is 71.8 Å². The first-order valence-electron chi connectivity index (χ1n) is 7.44. The van der Waals surface area contributed by atoms with Crippen molar-refractivity contribution in [2.45, 2.75) is 12.8 Å². The molecule has 27 heavy (non-hydrogen) atoms. The van der Waals surface area contributed by atoms with E-state index in [1.165, 1.54) is 0 Å². The molecule has 0 fully saturated rings. The fraction of sp³-hybridized carbons (Fsp3) is 0.250. The summed E-state index contributed by atoms with van der Waals surface area (Å²) in [5.41, 5.74) is 2.06. The second-order valence-electron chi connectivity index (χ2n) is 4.93. The van der Waals surface area contributed by atoms with E-state index in [9.17, 15) is 17.5 Å². The summed E-state index contributed by atoms with van der Waals surface area (Å²) in [7, 11) is -7.42.